The lowest BCUT2D eigenvalue weighted by molar-refractivity contribution is 0.0856. The van der Waals surface area contributed by atoms with E-state index in [-0.39, 0.29) is 22.3 Å². The molecule has 0 aromatic heterocycles. The summed E-state index contributed by atoms with van der Waals surface area (Å²) in [6, 6.07) is 10.6. The van der Waals surface area contributed by atoms with E-state index >= 15 is 0 Å². The number of benzene rings is 2. The summed E-state index contributed by atoms with van der Waals surface area (Å²) in [5.41, 5.74) is 0.436. The Balaban J connectivity index is 1.77. The average molecular weight is 377 g/mol. The molecule has 2 aromatic rings. The van der Waals surface area contributed by atoms with E-state index in [1.807, 2.05) is 7.05 Å². The van der Waals surface area contributed by atoms with Gasteiger partial charge in [-0.2, -0.15) is 8.42 Å². The van der Waals surface area contributed by atoms with Gasteiger partial charge in [-0.25, -0.2) is 4.39 Å². The van der Waals surface area contributed by atoms with Crippen molar-refractivity contribution in [3.8, 4) is 5.75 Å². The molecule has 0 spiro atoms. The van der Waals surface area contributed by atoms with E-state index in [0.717, 1.165) is 50.2 Å². The normalized spacial score (nSPS) is 16.4. The van der Waals surface area contributed by atoms with Crippen LogP contribution in [-0.2, 0) is 10.1 Å². The summed E-state index contributed by atoms with van der Waals surface area (Å²) in [5, 5.41) is 0. The monoisotopic (exact) mass is 377 g/mol. The number of carbonyl (C=O) groups excluding carboxylic acids is 1. The van der Waals surface area contributed by atoms with Crippen LogP contribution in [0.25, 0.3) is 0 Å². The predicted molar refractivity (Wildman–Crippen MR) is 95.2 cm³/mol. The Bertz CT molecular complexity index is 888. The molecule has 26 heavy (non-hydrogen) atoms. The first-order chi connectivity index (χ1) is 12.3. The summed E-state index contributed by atoms with van der Waals surface area (Å²) in [6.45, 7) is 1.73. The van der Waals surface area contributed by atoms with Gasteiger partial charge in [-0.3, -0.25) is 4.79 Å². The minimum Gasteiger partial charge on any atom is -0.379 e. The fourth-order valence-corrected chi connectivity index (χ4v) is 3.91. The summed E-state index contributed by atoms with van der Waals surface area (Å²) in [4.78, 5) is 14.7. The van der Waals surface area contributed by atoms with Gasteiger partial charge in [0.05, 0.1) is 0 Å². The molecule has 0 N–H and O–H groups in total. The number of piperidine rings is 1. The standard InChI is InChI=1S/C19H20FNO4S/c1-21-11-9-14(10-12-21)19(22)15-3-2-4-17(13-15)25-26(23,24)18-7-5-16(20)6-8-18/h2-8,13-14H,9-12H2,1H3. The topological polar surface area (TPSA) is 63.7 Å². The molecule has 1 heterocycles. The van der Waals surface area contributed by atoms with Crippen LogP contribution in [0.1, 0.15) is 23.2 Å². The third-order valence-corrected chi connectivity index (χ3v) is 5.78. The summed E-state index contributed by atoms with van der Waals surface area (Å²) in [5.74, 6) is -0.527. The van der Waals surface area contributed by atoms with Gasteiger partial charge in [0.25, 0.3) is 0 Å². The van der Waals surface area contributed by atoms with Crippen molar-refractivity contribution >= 4 is 15.9 Å². The highest BCUT2D eigenvalue weighted by Crippen LogP contribution is 2.25. The first-order valence-electron chi connectivity index (χ1n) is 8.38. The van der Waals surface area contributed by atoms with E-state index in [2.05, 4.69) is 4.90 Å². The molecule has 2 aromatic carbocycles. The minimum absolute atomic E-state index is 0.00253. The zero-order valence-corrected chi connectivity index (χ0v) is 15.2. The highest BCUT2D eigenvalue weighted by atomic mass is 32.2. The van der Waals surface area contributed by atoms with Gasteiger partial charge in [0.1, 0.15) is 16.5 Å². The molecule has 0 aliphatic carbocycles. The van der Waals surface area contributed by atoms with Gasteiger partial charge < -0.3 is 9.08 Å². The number of halogens is 1. The van der Waals surface area contributed by atoms with Crippen LogP contribution in [0.4, 0.5) is 4.39 Å². The second kappa shape index (κ2) is 7.55. The van der Waals surface area contributed by atoms with Crippen LogP contribution >= 0.6 is 0 Å². The van der Waals surface area contributed by atoms with E-state index in [4.69, 9.17) is 4.18 Å². The Morgan fingerprint density at radius 1 is 1.12 bits per heavy atom. The van der Waals surface area contributed by atoms with Gasteiger partial charge in [-0.05, 0) is 69.4 Å². The van der Waals surface area contributed by atoms with Crippen molar-refractivity contribution in [1.29, 1.82) is 0 Å². The minimum atomic E-state index is -4.09. The molecule has 1 fully saturated rings. The molecule has 0 saturated carbocycles. The Morgan fingerprint density at radius 2 is 1.77 bits per heavy atom. The van der Waals surface area contributed by atoms with Crippen LogP contribution in [0, 0.1) is 11.7 Å². The number of ketones is 1. The van der Waals surface area contributed by atoms with Crippen molar-refractivity contribution in [2.75, 3.05) is 20.1 Å². The molecular weight excluding hydrogens is 357 g/mol. The Kier molecular flexibility index (Phi) is 5.38. The molecule has 0 radical (unpaired) electrons. The molecular formula is C19H20FNO4S. The molecule has 0 atom stereocenters. The van der Waals surface area contributed by atoms with E-state index in [0.29, 0.717) is 5.56 Å². The smallest absolute Gasteiger partial charge is 0.339 e. The Hall–Kier alpha value is -2.25. The molecule has 0 bridgehead atoms. The molecule has 0 unspecified atom stereocenters. The molecule has 3 rings (SSSR count). The number of hydrogen-bond acceptors (Lipinski definition) is 5. The van der Waals surface area contributed by atoms with Crippen molar-refractivity contribution in [3.05, 3.63) is 59.9 Å². The molecule has 138 valence electrons. The third-order valence-electron chi connectivity index (χ3n) is 4.52. The molecule has 5 nitrogen and oxygen atoms in total. The first-order valence-corrected chi connectivity index (χ1v) is 9.79. The van der Waals surface area contributed by atoms with E-state index < -0.39 is 15.9 Å². The van der Waals surface area contributed by atoms with Crippen LogP contribution in [0.3, 0.4) is 0 Å². The van der Waals surface area contributed by atoms with Gasteiger partial charge in [0.2, 0.25) is 0 Å². The molecule has 7 heteroatoms. The maximum absolute atomic E-state index is 13.0. The number of nitrogens with zero attached hydrogens (tertiary/aromatic N) is 1. The van der Waals surface area contributed by atoms with Gasteiger partial charge in [-0.15, -0.1) is 0 Å². The van der Waals surface area contributed by atoms with Gasteiger partial charge in [0.15, 0.2) is 5.78 Å². The molecule has 1 aliphatic heterocycles. The summed E-state index contributed by atoms with van der Waals surface area (Å²) in [6.07, 6.45) is 1.57. The Morgan fingerprint density at radius 3 is 2.42 bits per heavy atom. The summed E-state index contributed by atoms with van der Waals surface area (Å²) >= 11 is 0. The zero-order chi connectivity index (χ0) is 18.7. The van der Waals surface area contributed by atoms with Crippen molar-refractivity contribution in [2.45, 2.75) is 17.7 Å². The van der Waals surface area contributed by atoms with Crippen LogP contribution in [-0.4, -0.2) is 39.2 Å². The lowest BCUT2D eigenvalue weighted by atomic mass is 9.89. The maximum atomic E-state index is 13.0. The number of Topliss-reactive ketones (excluding diaryl/α,β-unsaturated/α-hetero) is 1. The van der Waals surface area contributed by atoms with Crippen LogP contribution in [0.15, 0.2) is 53.4 Å². The molecule has 0 amide bonds. The van der Waals surface area contributed by atoms with Crippen LogP contribution < -0.4 is 4.18 Å². The van der Waals surface area contributed by atoms with Gasteiger partial charge in [-0.1, -0.05) is 12.1 Å². The molecule has 1 saturated heterocycles. The second-order valence-electron chi connectivity index (χ2n) is 6.46. The number of hydrogen-bond donors (Lipinski definition) is 0. The highest BCUT2D eigenvalue weighted by Gasteiger charge is 2.25. The molecule has 1 aliphatic rings. The quantitative estimate of drug-likeness (QED) is 0.592. The number of carbonyl (C=O) groups is 1. The van der Waals surface area contributed by atoms with Crippen molar-refractivity contribution in [2.24, 2.45) is 5.92 Å². The third kappa shape index (κ3) is 4.28. The largest absolute Gasteiger partial charge is 0.379 e. The van der Waals surface area contributed by atoms with Gasteiger partial charge in [0, 0.05) is 11.5 Å². The summed E-state index contributed by atoms with van der Waals surface area (Å²) in [7, 11) is -2.07. The zero-order valence-electron chi connectivity index (χ0n) is 14.4. The fraction of sp³-hybridized carbons (Fsp3) is 0.316. The fourth-order valence-electron chi connectivity index (χ4n) is 2.98. The number of rotatable bonds is 5. The van der Waals surface area contributed by atoms with Crippen LogP contribution in [0.2, 0.25) is 0 Å². The van der Waals surface area contributed by atoms with Crippen molar-refractivity contribution in [3.63, 3.8) is 0 Å². The maximum Gasteiger partial charge on any atom is 0.339 e. The van der Waals surface area contributed by atoms with E-state index in [9.17, 15) is 17.6 Å². The lowest BCUT2D eigenvalue weighted by Gasteiger charge is -2.28. The SMILES string of the molecule is CN1CCC(C(=O)c2cccc(OS(=O)(=O)c3ccc(F)cc3)c2)CC1. The van der Waals surface area contributed by atoms with Crippen LogP contribution in [0.5, 0.6) is 5.75 Å². The van der Waals surface area contributed by atoms with Crippen molar-refractivity contribution < 1.29 is 21.8 Å². The average Bonchev–Trinajstić information content (AvgIpc) is 2.62. The highest BCUT2D eigenvalue weighted by molar-refractivity contribution is 7.87. The first kappa shape index (κ1) is 18.5. The van der Waals surface area contributed by atoms with E-state index in [1.54, 1.807) is 12.1 Å². The van der Waals surface area contributed by atoms with Crippen molar-refractivity contribution in [1.82, 2.24) is 4.90 Å². The van der Waals surface area contributed by atoms with E-state index in [1.165, 1.54) is 12.1 Å². The second-order valence-corrected chi connectivity index (χ2v) is 8.01. The van der Waals surface area contributed by atoms with Gasteiger partial charge >= 0.3 is 10.1 Å². The lowest BCUT2D eigenvalue weighted by Crippen LogP contribution is -2.33. The Labute approximate surface area is 152 Å². The predicted octanol–water partition coefficient (Wildman–Crippen LogP) is 3.12. The number of likely N-dealkylation sites (tertiary alicyclic amines) is 1. The summed E-state index contributed by atoms with van der Waals surface area (Å²) < 4.78 is 42.7.